The number of hydrogen-bond acceptors (Lipinski definition) is 4. The van der Waals surface area contributed by atoms with Gasteiger partial charge in [-0.05, 0) is 13.0 Å². The Labute approximate surface area is 85.1 Å². The van der Waals surface area contributed by atoms with Gasteiger partial charge in [-0.2, -0.15) is 0 Å². The van der Waals surface area contributed by atoms with Gasteiger partial charge in [0.1, 0.15) is 5.69 Å². The van der Waals surface area contributed by atoms with Gasteiger partial charge in [-0.15, -0.1) is 0 Å². The van der Waals surface area contributed by atoms with Gasteiger partial charge >= 0.3 is 5.97 Å². The fourth-order valence-corrected chi connectivity index (χ4v) is 1.10. The second-order valence-corrected chi connectivity index (χ2v) is 2.89. The Hall–Kier alpha value is -1.72. The number of rotatable bonds is 2. The van der Waals surface area contributed by atoms with Crippen molar-refractivity contribution in [3.05, 3.63) is 23.0 Å². The predicted molar refractivity (Wildman–Crippen MR) is 49.7 cm³/mol. The predicted octanol–water partition coefficient (Wildman–Crippen LogP) is 1.70. The summed E-state index contributed by atoms with van der Waals surface area (Å²) in [5.41, 5.74) is 5.20. The topological polar surface area (TPSA) is 65.2 Å². The molecule has 0 radical (unpaired) electrons. The van der Waals surface area contributed by atoms with Crippen LogP contribution < -0.4 is 5.73 Å². The van der Waals surface area contributed by atoms with Gasteiger partial charge < -0.3 is 10.5 Å². The Kier molecular flexibility index (Phi) is 3.18. The number of nitrogens with zero attached hydrogens (tertiary/aromatic N) is 1. The average molecular weight is 216 g/mol. The maximum Gasteiger partial charge on any atom is 0.340 e. The second kappa shape index (κ2) is 4.20. The minimum atomic E-state index is -2.74. The SMILES string of the molecule is COC(=O)c1cc(C(F)F)nc(C)c1N. The first-order chi connectivity index (χ1) is 6.97. The molecule has 1 rings (SSSR count). The summed E-state index contributed by atoms with van der Waals surface area (Å²) in [4.78, 5) is 14.8. The summed E-state index contributed by atoms with van der Waals surface area (Å²) in [6, 6.07) is 0.943. The molecule has 0 aliphatic carbocycles. The molecule has 0 saturated carbocycles. The number of alkyl halides is 2. The van der Waals surface area contributed by atoms with Gasteiger partial charge in [0.25, 0.3) is 6.43 Å². The van der Waals surface area contributed by atoms with Gasteiger partial charge in [0, 0.05) is 0 Å². The molecular weight excluding hydrogens is 206 g/mol. The lowest BCUT2D eigenvalue weighted by molar-refractivity contribution is 0.0601. The first-order valence-electron chi connectivity index (χ1n) is 4.10. The summed E-state index contributed by atoms with van der Waals surface area (Å²) < 4.78 is 29.2. The third kappa shape index (κ3) is 2.20. The van der Waals surface area contributed by atoms with Crippen molar-refractivity contribution in [3.63, 3.8) is 0 Å². The highest BCUT2D eigenvalue weighted by molar-refractivity contribution is 5.95. The summed E-state index contributed by atoms with van der Waals surface area (Å²) in [5.74, 6) is -0.750. The van der Waals surface area contributed by atoms with Gasteiger partial charge in [-0.25, -0.2) is 18.6 Å². The summed E-state index contributed by atoms with van der Waals surface area (Å²) in [6.45, 7) is 1.45. The lowest BCUT2D eigenvalue weighted by Crippen LogP contribution is -2.10. The Morgan fingerprint density at radius 1 is 1.60 bits per heavy atom. The van der Waals surface area contributed by atoms with Crippen LogP contribution in [0.4, 0.5) is 14.5 Å². The second-order valence-electron chi connectivity index (χ2n) is 2.89. The Bertz CT molecular complexity index is 394. The van der Waals surface area contributed by atoms with E-state index in [-0.39, 0.29) is 16.9 Å². The number of pyridine rings is 1. The summed E-state index contributed by atoms with van der Waals surface area (Å²) in [6.07, 6.45) is -2.74. The molecule has 1 aromatic heterocycles. The highest BCUT2D eigenvalue weighted by atomic mass is 19.3. The molecule has 0 unspecified atom stereocenters. The Morgan fingerprint density at radius 2 is 2.20 bits per heavy atom. The molecule has 2 N–H and O–H groups in total. The Balaban J connectivity index is 3.31. The van der Waals surface area contributed by atoms with E-state index in [0.29, 0.717) is 0 Å². The van der Waals surface area contributed by atoms with E-state index in [1.807, 2.05) is 0 Å². The van der Waals surface area contributed by atoms with Gasteiger partial charge in [-0.3, -0.25) is 0 Å². The van der Waals surface area contributed by atoms with Crippen LogP contribution in [0.2, 0.25) is 0 Å². The van der Waals surface area contributed by atoms with E-state index in [1.54, 1.807) is 0 Å². The van der Waals surface area contributed by atoms with Crippen molar-refractivity contribution in [1.29, 1.82) is 0 Å². The van der Waals surface area contributed by atoms with Crippen molar-refractivity contribution in [3.8, 4) is 0 Å². The van der Waals surface area contributed by atoms with Crippen molar-refractivity contribution < 1.29 is 18.3 Å². The number of aromatic nitrogens is 1. The zero-order valence-electron chi connectivity index (χ0n) is 8.25. The Morgan fingerprint density at radius 3 is 2.67 bits per heavy atom. The number of nitrogen functional groups attached to an aromatic ring is 1. The molecule has 0 amide bonds. The van der Waals surface area contributed by atoms with Crippen LogP contribution in [-0.4, -0.2) is 18.1 Å². The zero-order valence-corrected chi connectivity index (χ0v) is 8.25. The number of halogens is 2. The van der Waals surface area contributed by atoms with Gasteiger partial charge in [0.2, 0.25) is 0 Å². The molecule has 0 saturated heterocycles. The van der Waals surface area contributed by atoms with Crippen LogP contribution in [-0.2, 0) is 4.74 Å². The molecule has 0 fully saturated rings. The van der Waals surface area contributed by atoms with E-state index in [1.165, 1.54) is 6.92 Å². The number of esters is 1. The van der Waals surface area contributed by atoms with Crippen LogP contribution in [0.25, 0.3) is 0 Å². The number of carbonyl (C=O) groups is 1. The van der Waals surface area contributed by atoms with Crippen LogP contribution in [0.1, 0.15) is 28.2 Å². The fraction of sp³-hybridized carbons (Fsp3) is 0.333. The molecule has 6 heteroatoms. The maximum absolute atomic E-state index is 12.4. The zero-order chi connectivity index (χ0) is 11.6. The van der Waals surface area contributed by atoms with Crippen molar-refractivity contribution in [1.82, 2.24) is 4.98 Å². The van der Waals surface area contributed by atoms with E-state index >= 15 is 0 Å². The van der Waals surface area contributed by atoms with Gasteiger partial charge in [0.05, 0.1) is 24.1 Å². The van der Waals surface area contributed by atoms with Crippen molar-refractivity contribution in [2.24, 2.45) is 0 Å². The molecule has 0 atom stereocenters. The highest BCUT2D eigenvalue weighted by Crippen LogP contribution is 2.23. The number of carbonyl (C=O) groups excluding carboxylic acids is 1. The van der Waals surface area contributed by atoms with E-state index < -0.39 is 18.1 Å². The van der Waals surface area contributed by atoms with Crippen LogP contribution in [0.3, 0.4) is 0 Å². The van der Waals surface area contributed by atoms with E-state index in [9.17, 15) is 13.6 Å². The number of hydrogen-bond donors (Lipinski definition) is 1. The van der Waals surface area contributed by atoms with Crippen molar-refractivity contribution in [2.75, 3.05) is 12.8 Å². The average Bonchev–Trinajstić information content (AvgIpc) is 2.20. The van der Waals surface area contributed by atoms with Crippen LogP contribution in [0.5, 0.6) is 0 Å². The van der Waals surface area contributed by atoms with E-state index in [4.69, 9.17) is 5.73 Å². The summed E-state index contributed by atoms with van der Waals surface area (Å²) in [5, 5.41) is 0. The lowest BCUT2D eigenvalue weighted by atomic mass is 10.1. The van der Waals surface area contributed by atoms with Crippen LogP contribution >= 0.6 is 0 Å². The summed E-state index contributed by atoms with van der Waals surface area (Å²) in [7, 11) is 1.15. The molecular formula is C9H10F2N2O2. The molecule has 0 bridgehead atoms. The van der Waals surface area contributed by atoms with Crippen LogP contribution in [0.15, 0.2) is 6.07 Å². The molecule has 0 aliphatic rings. The fourth-order valence-electron chi connectivity index (χ4n) is 1.10. The number of ether oxygens (including phenoxy) is 1. The minimum absolute atomic E-state index is 0.0613. The third-order valence-electron chi connectivity index (χ3n) is 1.90. The molecule has 0 aromatic carbocycles. The quantitative estimate of drug-likeness (QED) is 0.764. The smallest absolute Gasteiger partial charge is 0.340 e. The number of nitrogens with two attached hydrogens (primary N) is 1. The molecule has 1 aromatic rings. The first-order valence-corrected chi connectivity index (χ1v) is 4.10. The minimum Gasteiger partial charge on any atom is -0.465 e. The molecule has 4 nitrogen and oxygen atoms in total. The molecule has 0 spiro atoms. The van der Waals surface area contributed by atoms with Gasteiger partial charge in [0.15, 0.2) is 0 Å². The summed E-state index contributed by atoms with van der Waals surface area (Å²) >= 11 is 0. The standard InChI is InChI=1S/C9H10F2N2O2/c1-4-7(12)5(9(14)15-2)3-6(13-4)8(10)11/h3,8H,12H2,1-2H3. The third-order valence-corrected chi connectivity index (χ3v) is 1.90. The van der Waals surface area contributed by atoms with E-state index in [2.05, 4.69) is 9.72 Å². The monoisotopic (exact) mass is 216 g/mol. The normalized spacial score (nSPS) is 10.5. The number of methoxy groups -OCH3 is 1. The van der Waals surface area contributed by atoms with E-state index in [0.717, 1.165) is 13.2 Å². The van der Waals surface area contributed by atoms with Gasteiger partial charge in [-0.1, -0.05) is 0 Å². The number of anilines is 1. The maximum atomic E-state index is 12.4. The molecule has 1 heterocycles. The molecule has 15 heavy (non-hydrogen) atoms. The first kappa shape index (κ1) is 11.4. The van der Waals surface area contributed by atoms with Crippen molar-refractivity contribution in [2.45, 2.75) is 13.3 Å². The largest absolute Gasteiger partial charge is 0.465 e. The van der Waals surface area contributed by atoms with Crippen molar-refractivity contribution >= 4 is 11.7 Å². The highest BCUT2D eigenvalue weighted by Gasteiger charge is 2.18. The lowest BCUT2D eigenvalue weighted by Gasteiger charge is -2.08. The number of aryl methyl sites for hydroxylation is 1. The molecule has 0 aliphatic heterocycles. The molecule has 82 valence electrons. The van der Waals surface area contributed by atoms with Crippen LogP contribution in [0, 0.1) is 6.92 Å².